The van der Waals surface area contributed by atoms with E-state index in [1.807, 2.05) is 6.92 Å². The smallest absolute Gasteiger partial charge is 0.163 e. The highest BCUT2D eigenvalue weighted by atomic mass is 16.7. The summed E-state index contributed by atoms with van der Waals surface area (Å²) in [7, 11) is 1.49. The first-order valence-electron chi connectivity index (χ1n) is 5.30. The molecule has 5 atom stereocenters. The molecule has 0 aromatic rings. The van der Waals surface area contributed by atoms with Crippen LogP contribution >= 0.6 is 0 Å². The number of rotatable bonds is 4. The van der Waals surface area contributed by atoms with E-state index < -0.39 is 24.6 Å². The van der Waals surface area contributed by atoms with Crippen LogP contribution in [0.3, 0.4) is 0 Å². The van der Waals surface area contributed by atoms with E-state index in [-0.39, 0.29) is 12.5 Å². The van der Waals surface area contributed by atoms with Crippen molar-refractivity contribution in [3.05, 3.63) is 0 Å². The average Bonchev–Trinajstić information content (AvgIpc) is 2.25. The lowest BCUT2D eigenvalue weighted by molar-refractivity contribution is -0.279. The predicted molar refractivity (Wildman–Crippen MR) is 53.2 cm³/mol. The number of aliphatic hydroxyl groups excluding tert-OH is 3. The van der Waals surface area contributed by atoms with E-state index in [9.17, 15) is 10.2 Å². The Bertz CT molecular complexity index is 185. The van der Waals surface area contributed by atoms with Gasteiger partial charge in [0.05, 0.1) is 12.7 Å². The fourth-order valence-corrected chi connectivity index (χ4v) is 2.01. The molecule has 15 heavy (non-hydrogen) atoms. The third-order valence-corrected chi connectivity index (χ3v) is 2.86. The van der Waals surface area contributed by atoms with Crippen LogP contribution in [0.1, 0.15) is 19.8 Å². The van der Waals surface area contributed by atoms with Gasteiger partial charge in [0.1, 0.15) is 12.2 Å². The van der Waals surface area contributed by atoms with Crippen molar-refractivity contribution >= 4 is 0 Å². The molecule has 0 aliphatic carbocycles. The molecule has 0 aromatic carbocycles. The van der Waals surface area contributed by atoms with Gasteiger partial charge >= 0.3 is 0 Å². The molecule has 1 rings (SSSR count). The Kier molecular flexibility index (Phi) is 4.95. The Morgan fingerprint density at radius 3 is 2.40 bits per heavy atom. The van der Waals surface area contributed by atoms with E-state index >= 15 is 0 Å². The molecule has 0 bridgehead atoms. The van der Waals surface area contributed by atoms with Crippen molar-refractivity contribution in [1.29, 1.82) is 0 Å². The molecule has 1 heterocycles. The Hall–Kier alpha value is -0.200. The Morgan fingerprint density at radius 1 is 1.27 bits per heavy atom. The quantitative estimate of drug-likeness (QED) is 0.594. The van der Waals surface area contributed by atoms with Crippen LogP contribution in [0, 0.1) is 5.92 Å². The average molecular weight is 220 g/mol. The van der Waals surface area contributed by atoms with E-state index in [1.54, 1.807) is 0 Å². The molecular formula is C10H20O5. The summed E-state index contributed by atoms with van der Waals surface area (Å²) in [4.78, 5) is 0. The van der Waals surface area contributed by atoms with Crippen molar-refractivity contribution in [2.24, 2.45) is 5.92 Å². The van der Waals surface area contributed by atoms with Crippen LogP contribution in [0.4, 0.5) is 0 Å². The highest BCUT2D eigenvalue weighted by molar-refractivity contribution is 4.88. The largest absolute Gasteiger partial charge is 0.394 e. The maximum atomic E-state index is 9.85. The molecule has 1 aliphatic heterocycles. The SMILES string of the molecule is CCC[C@H]1[C@@H](OC)O[C@H](CO)[C@@H](O)[C@H]1O. The first-order valence-corrected chi connectivity index (χ1v) is 5.30. The first kappa shape index (κ1) is 12.9. The van der Waals surface area contributed by atoms with Crippen LogP contribution in [0.15, 0.2) is 0 Å². The molecule has 1 saturated heterocycles. The van der Waals surface area contributed by atoms with E-state index in [4.69, 9.17) is 14.6 Å². The molecule has 0 saturated carbocycles. The van der Waals surface area contributed by atoms with Gasteiger partial charge in [-0.3, -0.25) is 0 Å². The second-order valence-electron chi connectivity index (χ2n) is 3.89. The van der Waals surface area contributed by atoms with E-state index in [0.717, 1.165) is 12.8 Å². The zero-order valence-corrected chi connectivity index (χ0v) is 9.17. The van der Waals surface area contributed by atoms with Crippen LogP contribution < -0.4 is 0 Å². The summed E-state index contributed by atoms with van der Waals surface area (Å²) in [5.74, 6) is -0.238. The standard InChI is InChI=1S/C10H20O5/c1-3-4-6-8(12)9(13)7(5-11)15-10(6)14-2/h6-13H,3-5H2,1-2H3/t6-,7-,8+,9-,10+/m1/s1. The maximum Gasteiger partial charge on any atom is 0.163 e. The van der Waals surface area contributed by atoms with Crippen molar-refractivity contribution in [2.75, 3.05) is 13.7 Å². The van der Waals surface area contributed by atoms with Crippen LogP contribution in [-0.2, 0) is 9.47 Å². The van der Waals surface area contributed by atoms with Gasteiger partial charge in [0, 0.05) is 13.0 Å². The summed E-state index contributed by atoms with van der Waals surface area (Å²) in [6.07, 6.45) is -1.67. The third-order valence-electron chi connectivity index (χ3n) is 2.86. The molecular weight excluding hydrogens is 200 g/mol. The first-order chi connectivity index (χ1) is 7.15. The van der Waals surface area contributed by atoms with Gasteiger partial charge in [0.15, 0.2) is 6.29 Å². The number of aliphatic hydroxyl groups is 3. The summed E-state index contributed by atoms with van der Waals surface area (Å²) in [6, 6.07) is 0. The molecule has 3 N–H and O–H groups in total. The lowest BCUT2D eigenvalue weighted by Gasteiger charge is -2.41. The molecule has 5 heteroatoms. The number of ether oxygens (including phenoxy) is 2. The van der Waals surface area contributed by atoms with Crippen molar-refractivity contribution in [1.82, 2.24) is 0 Å². The zero-order chi connectivity index (χ0) is 11.4. The van der Waals surface area contributed by atoms with Crippen molar-refractivity contribution in [2.45, 2.75) is 44.4 Å². The van der Waals surface area contributed by atoms with Crippen LogP contribution in [0.5, 0.6) is 0 Å². The highest BCUT2D eigenvalue weighted by Gasteiger charge is 2.43. The summed E-state index contributed by atoms with van der Waals surface area (Å²) in [6.45, 7) is 1.67. The summed E-state index contributed by atoms with van der Waals surface area (Å²) < 4.78 is 10.5. The molecule has 90 valence electrons. The van der Waals surface area contributed by atoms with Gasteiger partial charge in [-0.15, -0.1) is 0 Å². The molecule has 0 aromatic heterocycles. The summed E-state index contributed by atoms with van der Waals surface area (Å²) in [5, 5.41) is 28.5. The molecule has 1 aliphatic rings. The predicted octanol–water partition coefficient (Wildman–Crippen LogP) is -0.512. The van der Waals surface area contributed by atoms with Gasteiger partial charge in [-0.1, -0.05) is 13.3 Å². The maximum absolute atomic E-state index is 9.85. The minimum atomic E-state index is -1.04. The zero-order valence-electron chi connectivity index (χ0n) is 9.17. The molecule has 1 fully saturated rings. The van der Waals surface area contributed by atoms with Crippen LogP contribution in [0.2, 0.25) is 0 Å². The molecule has 0 amide bonds. The van der Waals surface area contributed by atoms with Crippen molar-refractivity contribution in [3.8, 4) is 0 Å². The molecule has 0 spiro atoms. The highest BCUT2D eigenvalue weighted by Crippen LogP contribution is 2.29. The van der Waals surface area contributed by atoms with Crippen molar-refractivity contribution < 1.29 is 24.8 Å². The number of methoxy groups -OCH3 is 1. The molecule has 5 nitrogen and oxygen atoms in total. The summed E-state index contributed by atoms with van der Waals surface area (Å²) in [5.41, 5.74) is 0. The van der Waals surface area contributed by atoms with E-state index in [1.165, 1.54) is 7.11 Å². The summed E-state index contributed by atoms with van der Waals surface area (Å²) >= 11 is 0. The van der Waals surface area contributed by atoms with Crippen LogP contribution in [-0.4, -0.2) is 53.6 Å². The molecule has 0 radical (unpaired) electrons. The monoisotopic (exact) mass is 220 g/mol. The second-order valence-corrected chi connectivity index (χ2v) is 3.89. The van der Waals surface area contributed by atoms with Gasteiger partial charge < -0.3 is 24.8 Å². The van der Waals surface area contributed by atoms with E-state index in [0.29, 0.717) is 0 Å². The Labute approximate surface area is 89.6 Å². The van der Waals surface area contributed by atoms with Gasteiger partial charge in [-0.25, -0.2) is 0 Å². The Balaban J connectivity index is 2.70. The number of hydrogen-bond donors (Lipinski definition) is 3. The number of hydrogen-bond acceptors (Lipinski definition) is 5. The van der Waals surface area contributed by atoms with Gasteiger partial charge in [0.25, 0.3) is 0 Å². The van der Waals surface area contributed by atoms with Crippen molar-refractivity contribution in [3.63, 3.8) is 0 Å². The lowest BCUT2D eigenvalue weighted by Crippen LogP contribution is -2.56. The minimum absolute atomic E-state index is 0.238. The Morgan fingerprint density at radius 2 is 1.93 bits per heavy atom. The fraction of sp³-hybridized carbons (Fsp3) is 1.00. The van der Waals surface area contributed by atoms with Gasteiger partial charge in [0.2, 0.25) is 0 Å². The molecule has 0 unspecified atom stereocenters. The van der Waals surface area contributed by atoms with Gasteiger partial charge in [-0.05, 0) is 6.42 Å². The van der Waals surface area contributed by atoms with E-state index in [2.05, 4.69) is 0 Å². The topological polar surface area (TPSA) is 79.2 Å². The third kappa shape index (κ3) is 2.68. The van der Waals surface area contributed by atoms with Gasteiger partial charge in [-0.2, -0.15) is 0 Å². The minimum Gasteiger partial charge on any atom is -0.394 e. The second kappa shape index (κ2) is 5.77. The van der Waals surface area contributed by atoms with Crippen LogP contribution in [0.25, 0.3) is 0 Å². The lowest BCUT2D eigenvalue weighted by atomic mass is 9.88. The fourth-order valence-electron chi connectivity index (χ4n) is 2.01. The normalized spacial score (nSPS) is 41.8.